The van der Waals surface area contributed by atoms with E-state index >= 15 is 0 Å². The number of hydrogen-bond acceptors (Lipinski definition) is 5. The lowest BCUT2D eigenvalue weighted by Crippen LogP contribution is -1.89. The van der Waals surface area contributed by atoms with Crippen LogP contribution in [0.2, 0.25) is 0 Å². The molecule has 0 atom stereocenters. The number of thioether (sulfide) groups is 1. The Morgan fingerprint density at radius 3 is 2.58 bits per heavy atom. The van der Waals surface area contributed by atoms with Gasteiger partial charge >= 0.3 is 0 Å². The highest BCUT2D eigenvalue weighted by atomic mass is 32.2. The third kappa shape index (κ3) is 3.64. The molecule has 0 radical (unpaired) electrons. The number of rotatable bonds is 5. The molecule has 19 heavy (non-hydrogen) atoms. The van der Waals surface area contributed by atoms with Gasteiger partial charge in [-0.3, -0.25) is 0 Å². The van der Waals surface area contributed by atoms with Gasteiger partial charge in [0.2, 0.25) is 0 Å². The molecule has 3 nitrogen and oxygen atoms in total. The number of nitrogen functional groups attached to an aromatic ring is 1. The predicted octanol–water partition coefficient (Wildman–Crippen LogP) is 4.15. The summed E-state index contributed by atoms with van der Waals surface area (Å²) in [4.78, 5) is 4.62. The van der Waals surface area contributed by atoms with Crippen LogP contribution in [0.4, 0.5) is 5.00 Å². The molecular weight excluding hydrogens is 276 g/mol. The van der Waals surface area contributed by atoms with Crippen molar-refractivity contribution in [2.75, 3.05) is 18.6 Å². The van der Waals surface area contributed by atoms with Crippen molar-refractivity contribution < 1.29 is 4.74 Å². The van der Waals surface area contributed by atoms with Crippen LogP contribution >= 0.6 is 23.1 Å². The second-order valence-corrected chi connectivity index (χ2v) is 6.92. The maximum atomic E-state index is 6.06. The van der Waals surface area contributed by atoms with E-state index in [1.54, 1.807) is 30.2 Å². The topological polar surface area (TPSA) is 48.1 Å². The summed E-state index contributed by atoms with van der Waals surface area (Å²) in [7, 11) is 1.66. The molecule has 0 saturated carbocycles. The van der Waals surface area contributed by atoms with Crippen molar-refractivity contribution >= 4 is 28.1 Å². The maximum Gasteiger partial charge on any atom is 0.152 e. The molecule has 0 aliphatic rings. The van der Waals surface area contributed by atoms with Crippen molar-refractivity contribution in [3.8, 4) is 17.0 Å². The SMILES string of the molecule is COc1ccc(-c2nc(SCC(C)C)sc2N)cc1. The van der Waals surface area contributed by atoms with Gasteiger partial charge in [0, 0.05) is 11.3 Å². The standard InChI is InChI=1S/C14H18N2OS2/c1-9(2)8-18-14-16-12(13(15)19-14)10-4-6-11(17-3)7-5-10/h4-7,9H,8,15H2,1-3H3. The van der Waals surface area contributed by atoms with Crippen LogP contribution in [0.5, 0.6) is 5.75 Å². The normalized spacial score (nSPS) is 10.9. The van der Waals surface area contributed by atoms with Gasteiger partial charge in [-0.2, -0.15) is 0 Å². The first-order valence-electron chi connectivity index (χ1n) is 6.13. The van der Waals surface area contributed by atoms with Gasteiger partial charge in [-0.25, -0.2) is 4.98 Å². The Kier molecular flexibility index (Phi) is 4.71. The summed E-state index contributed by atoms with van der Waals surface area (Å²) >= 11 is 3.33. The highest BCUT2D eigenvalue weighted by Crippen LogP contribution is 2.36. The third-order valence-electron chi connectivity index (χ3n) is 2.54. The largest absolute Gasteiger partial charge is 0.497 e. The van der Waals surface area contributed by atoms with Gasteiger partial charge in [-0.15, -0.1) is 0 Å². The highest BCUT2D eigenvalue weighted by Gasteiger charge is 2.11. The first-order chi connectivity index (χ1) is 9.10. The first kappa shape index (κ1) is 14.2. The number of ether oxygens (including phenoxy) is 1. The maximum absolute atomic E-state index is 6.06. The van der Waals surface area contributed by atoms with E-state index < -0.39 is 0 Å². The lowest BCUT2D eigenvalue weighted by atomic mass is 10.1. The van der Waals surface area contributed by atoms with Gasteiger partial charge < -0.3 is 10.5 Å². The average molecular weight is 294 g/mol. The molecule has 0 aliphatic carbocycles. The summed E-state index contributed by atoms with van der Waals surface area (Å²) in [6.45, 7) is 4.41. The fourth-order valence-corrected chi connectivity index (χ4v) is 3.49. The minimum Gasteiger partial charge on any atom is -0.497 e. The predicted molar refractivity (Wildman–Crippen MR) is 84.1 cm³/mol. The molecule has 0 fully saturated rings. The number of anilines is 1. The molecule has 0 aliphatic heterocycles. The van der Waals surface area contributed by atoms with E-state index in [0.29, 0.717) is 5.92 Å². The van der Waals surface area contributed by atoms with Gasteiger partial charge in [0.1, 0.15) is 16.4 Å². The van der Waals surface area contributed by atoms with Crippen LogP contribution in [0.15, 0.2) is 28.6 Å². The van der Waals surface area contributed by atoms with Crippen molar-refractivity contribution in [1.82, 2.24) is 4.98 Å². The van der Waals surface area contributed by atoms with Crippen molar-refractivity contribution in [3.05, 3.63) is 24.3 Å². The van der Waals surface area contributed by atoms with Crippen LogP contribution in [0, 0.1) is 5.92 Å². The Morgan fingerprint density at radius 2 is 2.00 bits per heavy atom. The number of nitrogens with zero attached hydrogens (tertiary/aromatic N) is 1. The molecule has 5 heteroatoms. The molecule has 0 unspecified atom stereocenters. The number of benzene rings is 1. The number of thiazole rings is 1. The highest BCUT2D eigenvalue weighted by molar-refractivity contribution is 8.01. The van der Waals surface area contributed by atoms with E-state index in [1.165, 1.54) is 0 Å². The van der Waals surface area contributed by atoms with E-state index in [0.717, 1.165) is 32.1 Å². The number of nitrogens with two attached hydrogens (primary N) is 1. The molecule has 1 aromatic carbocycles. The first-order valence-corrected chi connectivity index (χ1v) is 7.94. The average Bonchev–Trinajstić information content (AvgIpc) is 2.78. The summed E-state index contributed by atoms with van der Waals surface area (Å²) in [5.74, 6) is 2.56. The third-order valence-corrected chi connectivity index (χ3v) is 4.99. The number of hydrogen-bond donors (Lipinski definition) is 1. The minimum absolute atomic E-state index is 0.652. The van der Waals surface area contributed by atoms with Crippen LogP contribution in [-0.4, -0.2) is 17.8 Å². The molecule has 1 aromatic heterocycles. The van der Waals surface area contributed by atoms with Crippen molar-refractivity contribution in [3.63, 3.8) is 0 Å². The van der Waals surface area contributed by atoms with E-state index in [1.807, 2.05) is 24.3 Å². The summed E-state index contributed by atoms with van der Waals surface area (Å²) in [6.07, 6.45) is 0. The molecule has 0 saturated heterocycles. The van der Waals surface area contributed by atoms with E-state index in [-0.39, 0.29) is 0 Å². The summed E-state index contributed by atoms with van der Waals surface area (Å²) in [5, 5.41) is 0.774. The van der Waals surface area contributed by atoms with Gasteiger partial charge in [0.15, 0.2) is 4.34 Å². The Balaban J connectivity index is 2.19. The van der Waals surface area contributed by atoms with Crippen molar-refractivity contribution in [1.29, 1.82) is 0 Å². The van der Waals surface area contributed by atoms with Gasteiger partial charge in [0.05, 0.1) is 7.11 Å². The molecule has 0 amide bonds. The van der Waals surface area contributed by atoms with Crippen LogP contribution in [0.3, 0.4) is 0 Å². The molecule has 2 aromatic rings. The van der Waals surface area contributed by atoms with Crippen molar-refractivity contribution in [2.24, 2.45) is 5.92 Å². The summed E-state index contributed by atoms with van der Waals surface area (Å²) < 4.78 is 6.19. The molecule has 102 valence electrons. The summed E-state index contributed by atoms with van der Waals surface area (Å²) in [5.41, 5.74) is 7.97. The lowest BCUT2D eigenvalue weighted by Gasteiger charge is -2.02. The minimum atomic E-state index is 0.652. The molecule has 2 N–H and O–H groups in total. The van der Waals surface area contributed by atoms with Crippen LogP contribution < -0.4 is 10.5 Å². The lowest BCUT2D eigenvalue weighted by molar-refractivity contribution is 0.415. The van der Waals surface area contributed by atoms with E-state index in [4.69, 9.17) is 10.5 Å². The fourth-order valence-electron chi connectivity index (χ4n) is 1.57. The van der Waals surface area contributed by atoms with Crippen LogP contribution in [0.25, 0.3) is 11.3 Å². The smallest absolute Gasteiger partial charge is 0.152 e. The molecule has 2 rings (SSSR count). The second kappa shape index (κ2) is 6.30. The monoisotopic (exact) mass is 294 g/mol. The zero-order valence-electron chi connectivity index (χ0n) is 11.3. The van der Waals surface area contributed by atoms with E-state index in [9.17, 15) is 0 Å². The molecule has 0 spiro atoms. The van der Waals surface area contributed by atoms with Crippen molar-refractivity contribution in [2.45, 2.75) is 18.2 Å². The Morgan fingerprint density at radius 1 is 1.32 bits per heavy atom. The molecule has 1 heterocycles. The Hall–Kier alpha value is -1.20. The van der Waals surface area contributed by atoms with Crippen LogP contribution in [0.1, 0.15) is 13.8 Å². The zero-order chi connectivity index (χ0) is 13.8. The van der Waals surface area contributed by atoms with Crippen LogP contribution in [-0.2, 0) is 0 Å². The number of aromatic nitrogens is 1. The van der Waals surface area contributed by atoms with Gasteiger partial charge in [0.25, 0.3) is 0 Å². The zero-order valence-corrected chi connectivity index (χ0v) is 13.0. The van der Waals surface area contributed by atoms with Gasteiger partial charge in [-0.05, 0) is 30.2 Å². The Bertz CT molecular complexity index is 535. The quantitative estimate of drug-likeness (QED) is 0.842. The Labute approximate surface area is 122 Å². The van der Waals surface area contributed by atoms with Gasteiger partial charge in [-0.1, -0.05) is 36.9 Å². The van der Waals surface area contributed by atoms with E-state index in [2.05, 4.69) is 18.8 Å². The second-order valence-electron chi connectivity index (χ2n) is 4.63. The molecule has 0 bridgehead atoms. The number of methoxy groups -OCH3 is 1. The summed E-state index contributed by atoms with van der Waals surface area (Å²) in [6, 6.07) is 7.83. The fraction of sp³-hybridized carbons (Fsp3) is 0.357. The molecular formula is C14H18N2OS2.